The third-order valence-corrected chi connectivity index (χ3v) is 6.00. The molecule has 29 heavy (non-hydrogen) atoms. The third kappa shape index (κ3) is 3.98. The Kier molecular flexibility index (Phi) is 5.03. The predicted octanol–water partition coefficient (Wildman–Crippen LogP) is 4.34. The first kappa shape index (κ1) is 19.1. The number of aromatic nitrogens is 2. The molecule has 0 amide bonds. The minimum atomic E-state index is -3.31. The molecule has 0 aliphatic rings. The second-order valence-electron chi connectivity index (χ2n) is 7.03. The maximum Gasteiger partial charge on any atom is 0.175 e. The number of sulfone groups is 1. The fourth-order valence-electron chi connectivity index (χ4n) is 3.44. The molecule has 1 aromatic heterocycles. The van der Waals surface area contributed by atoms with E-state index < -0.39 is 9.84 Å². The molecule has 0 aliphatic carbocycles. The van der Waals surface area contributed by atoms with Crippen LogP contribution in [-0.2, 0) is 16.4 Å². The lowest BCUT2D eigenvalue weighted by Gasteiger charge is -2.21. The summed E-state index contributed by atoms with van der Waals surface area (Å²) in [4.78, 5) is 11.0. The van der Waals surface area contributed by atoms with Gasteiger partial charge in [-0.2, -0.15) is 0 Å². The summed E-state index contributed by atoms with van der Waals surface area (Å²) in [6.45, 7) is 0.625. The molecule has 0 N–H and O–H groups in total. The van der Waals surface area contributed by atoms with Gasteiger partial charge in [0.2, 0.25) is 0 Å². The van der Waals surface area contributed by atoms with Crippen molar-refractivity contribution in [2.45, 2.75) is 11.4 Å². The zero-order valence-corrected chi connectivity index (χ0v) is 17.1. The van der Waals surface area contributed by atoms with E-state index in [4.69, 9.17) is 0 Å². The van der Waals surface area contributed by atoms with Crippen molar-refractivity contribution < 1.29 is 8.42 Å². The molecule has 0 saturated carbocycles. The van der Waals surface area contributed by atoms with E-state index in [1.807, 2.05) is 42.3 Å². The largest absolute Gasteiger partial charge is 0.355 e. The molecule has 0 bridgehead atoms. The summed E-state index contributed by atoms with van der Waals surface area (Å²) < 4.78 is 24.0. The molecule has 0 atom stereocenters. The molecule has 1 heterocycles. The van der Waals surface area contributed by atoms with E-state index in [0.717, 1.165) is 22.1 Å². The van der Waals surface area contributed by atoms with E-state index in [9.17, 15) is 8.42 Å². The molecule has 0 aliphatic heterocycles. The van der Waals surface area contributed by atoms with Gasteiger partial charge in [0.05, 0.1) is 10.4 Å². The molecule has 5 nitrogen and oxygen atoms in total. The number of fused-ring (bicyclic) bond motifs is 1. The van der Waals surface area contributed by atoms with Gasteiger partial charge in [0.1, 0.15) is 12.1 Å². The van der Waals surface area contributed by atoms with Crippen LogP contribution in [0.15, 0.2) is 84.0 Å². The first-order chi connectivity index (χ1) is 13.9. The van der Waals surface area contributed by atoms with Crippen LogP contribution in [0.4, 0.5) is 5.82 Å². The van der Waals surface area contributed by atoms with E-state index >= 15 is 0 Å². The molecular formula is C23H21N3O2S. The van der Waals surface area contributed by atoms with Gasteiger partial charge in [0, 0.05) is 25.2 Å². The Bertz CT molecular complexity index is 1270. The Morgan fingerprint density at radius 2 is 1.62 bits per heavy atom. The first-order valence-electron chi connectivity index (χ1n) is 9.23. The topological polar surface area (TPSA) is 63.2 Å². The van der Waals surface area contributed by atoms with Crippen LogP contribution in [-0.4, -0.2) is 31.7 Å². The minimum Gasteiger partial charge on any atom is -0.355 e. The van der Waals surface area contributed by atoms with E-state index in [0.29, 0.717) is 17.9 Å². The normalized spacial score (nSPS) is 11.5. The summed E-state index contributed by atoms with van der Waals surface area (Å²) in [5.41, 5.74) is 4.19. The number of nitrogens with zero attached hydrogens (tertiary/aromatic N) is 3. The summed E-state index contributed by atoms with van der Waals surface area (Å²) in [6.07, 6.45) is 2.72. The number of rotatable bonds is 5. The van der Waals surface area contributed by atoms with Crippen molar-refractivity contribution in [3.05, 3.63) is 84.7 Å². The van der Waals surface area contributed by atoms with Gasteiger partial charge in [0.25, 0.3) is 0 Å². The molecule has 6 heteroatoms. The van der Waals surface area contributed by atoms with Crippen molar-refractivity contribution >= 4 is 26.6 Å². The van der Waals surface area contributed by atoms with Crippen LogP contribution in [0, 0.1) is 0 Å². The van der Waals surface area contributed by atoms with Crippen molar-refractivity contribution in [3.63, 3.8) is 0 Å². The Hall–Kier alpha value is -3.25. The molecule has 4 rings (SSSR count). The molecule has 146 valence electrons. The highest BCUT2D eigenvalue weighted by molar-refractivity contribution is 7.90. The van der Waals surface area contributed by atoms with Crippen molar-refractivity contribution in [2.75, 3.05) is 18.2 Å². The lowest BCUT2D eigenvalue weighted by atomic mass is 9.99. The predicted molar refractivity (Wildman–Crippen MR) is 117 cm³/mol. The van der Waals surface area contributed by atoms with Gasteiger partial charge in [-0.15, -0.1) is 0 Å². The third-order valence-electron chi connectivity index (χ3n) is 4.89. The molecule has 0 unspecified atom stereocenters. The highest BCUT2D eigenvalue weighted by Crippen LogP contribution is 2.29. The van der Waals surface area contributed by atoms with Crippen LogP contribution < -0.4 is 4.90 Å². The van der Waals surface area contributed by atoms with Crippen LogP contribution in [0.3, 0.4) is 0 Å². The lowest BCUT2D eigenvalue weighted by Crippen LogP contribution is -2.19. The molecule has 0 radical (unpaired) electrons. The summed E-state index contributed by atoms with van der Waals surface area (Å²) in [5, 5.41) is 0.718. The van der Waals surface area contributed by atoms with Gasteiger partial charge >= 0.3 is 0 Å². The number of benzene rings is 3. The Morgan fingerprint density at radius 1 is 0.897 bits per heavy atom. The van der Waals surface area contributed by atoms with Gasteiger partial charge in [-0.3, -0.25) is 0 Å². The second kappa shape index (κ2) is 7.64. The Labute approximate surface area is 170 Å². The van der Waals surface area contributed by atoms with Crippen molar-refractivity contribution in [1.82, 2.24) is 9.97 Å². The summed E-state index contributed by atoms with van der Waals surface area (Å²) >= 11 is 0. The number of hydrogen-bond acceptors (Lipinski definition) is 5. The molecular weight excluding hydrogens is 382 g/mol. The SMILES string of the molecule is CN(Cc1ccccc1-c1ccccc1)c1ncnc2ccc(S(C)(=O)=O)cc12. The number of hydrogen-bond donors (Lipinski definition) is 0. The van der Waals surface area contributed by atoms with E-state index in [1.54, 1.807) is 18.2 Å². The van der Waals surface area contributed by atoms with E-state index in [-0.39, 0.29) is 4.90 Å². The molecule has 0 fully saturated rings. The zero-order chi connectivity index (χ0) is 20.4. The molecule has 3 aromatic carbocycles. The maximum atomic E-state index is 12.0. The monoisotopic (exact) mass is 403 g/mol. The van der Waals surface area contributed by atoms with Gasteiger partial charge < -0.3 is 4.90 Å². The second-order valence-corrected chi connectivity index (χ2v) is 9.04. The highest BCUT2D eigenvalue weighted by Gasteiger charge is 2.15. The van der Waals surface area contributed by atoms with Gasteiger partial charge in [-0.05, 0) is 34.9 Å². The fourth-order valence-corrected chi connectivity index (χ4v) is 4.09. The van der Waals surface area contributed by atoms with Crippen LogP contribution in [0.25, 0.3) is 22.0 Å². The van der Waals surface area contributed by atoms with Crippen molar-refractivity contribution in [1.29, 1.82) is 0 Å². The average Bonchev–Trinajstić information content (AvgIpc) is 2.73. The minimum absolute atomic E-state index is 0.263. The smallest absolute Gasteiger partial charge is 0.175 e. The standard InChI is InChI=1S/C23H21N3O2S/c1-26(15-18-10-6-7-11-20(18)17-8-4-3-5-9-17)23-21-14-19(29(2,27)28)12-13-22(21)24-16-25-23/h3-14,16H,15H2,1-2H3. The fraction of sp³-hybridized carbons (Fsp3) is 0.130. The van der Waals surface area contributed by atoms with Gasteiger partial charge in [-0.1, -0.05) is 54.6 Å². The quantitative estimate of drug-likeness (QED) is 0.496. The summed E-state index contributed by atoms with van der Waals surface area (Å²) in [7, 11) is -1.36. The number of anilines is 1. The Morgan fingerprint density at radius 3 is 2.38 bits per heavy atom. The molecule has 0 saturated heterocycles. The van der Waals surface area contributed by atoms with Crippen LogP contribution in [0.2, 0.25) is 0 Å². The van der Waals surface area contributed by atoms with Gasteiger partial charge in [-0.25, -0.2) is 18.4 Å². The lowest BCUT2D eigenvalue weighted by molar-refractivity contribution is 0.602. The molecule has 0 spiro atoms. The van der Waals surface area contributed by atoms with Crippen LogP contribution in [0.1, 0.15) is 5.56 Å². The van der Waals surface area contributed by atoms with Crippen molar-refractivity contribution in [2.24, 2.45) is 0 Å². The molecule has 4 aromatic rings. The van der Waals surface area contributed by atoms with Crippen molar-refractivity contribution in [3.8, 4) is 11.1 Å². The van der Waals surface area contributed by atoms with Crippen LogP contribution >= 0.6 is 0 Å². The maximum absolute atomic E-state index is 12.0. The highest BCUT2D eigenvalue weighted by atomic mass is 32.2. The van der Waals surface area contributed by atoms with E-state index in [1.165, 1.54) is 12.6 Å². The van der Waals surface area contributed by atoms with Crippen LogP contribution in [0.5, 0.6) is 0 Å². The first-order valence-corrected chi connectivity index (χ1v) is 11.1. The van der Waals surface area contributed by atoms with E-state index in [2.05, 4.69) is 34.2 Å². The summed E-state index contributed by atoms with van der Waals surface area (Å²) in [5.74, 6) is 0.698. The van der Waals surface area contributed by atoms with Gasteiger partial charge in [0.15, 0.2) is 9.84 Å². The Balaban J connectivity index is 1.75. The zero-order valence-electron chi connectivity index (χ0n) is 16.3. The summed E-state index contributed by atoms with van der Waals surface area (Å²) in [6, 6.07) is 23.5. The average molecular weight is 404 g/mol.